The van der Waals surface area contributed by atoms with E-state index >= 15 is 0 Å². The van der Waals surface area contributed by atoms with Gasteiger partial charge in [-0.05, 0) is 24.6 Å². The minimum atomic E-state index is 0.435. The summed E-state index contributed by atoms with van der Waals surface area (Å²) in [5.74, 6) is 2.00. The lowest BCUT2D eigenvalue weighted by Crippen LogP contribution is -1.99. The maximum Gasteiger partial charge on any atom is 0.127 e. The molecule has 2 rings (SSSR count). The fourth-order valence-corrected chi connectivity index (χ4v) is 3.19. The number of rotatable bonds is 7. The van der Waals surface area contributed by atoms with Crippen molar-refractivity contribution < 1.29 is 9.47 Å². The molecular weight excluding hydrogens is 316 g/mol. The summed E-state index contributed by atoms with van der Waals surface area (Å²) in [6, 6.07) is 14.1. The Kier molecular flexibility index (Phi) is 6.22. The molecule has 0 heterocycles. The van der Waals surface area contributed by atoms with Crippen LogP contribution in [0.15, 0.2) is 64.4 Å². The van der Waals surface area contributed by atoms with Gasteiger partial charge in [-0.1, -0.05) is 42.1 Å². The van der Waals surface area contributed by atoms with Crippen LogP contribution < -0.4 is 9.47 Å². The maximum atomic E-state index is 5.90. The molecule has 116 valence electrons. The van der Waals surface area contributed by atoms with E-state index in [9.17, 15) is 0 Å². The number of benzene rings is 2. The second kappa shape index (κ2) is 8.16. The van der Waals surface area contributed by atoms with Crippen LogP contribution in [0.1, 0.15) is 5.56 Å². The second-order valence-electron chi connectivity index (χ2n) is 4.78. The molecular formula is C18H19ClO2S. The predicted octanol–water partition coefficient (Wildman–Crippen LogP) is 5.19. The standard InChI is InChI=1S/C18H19ClO2S/c1-13(12-19)9-16-17(21-3)10-14(20-2)11-18(16)22-15-7-5-4-6-8-15/h4-8,10-11H,1,9,12H2,2-3H3. The molecule has 0 spiro atoms. The highest BCUT2D eigenvalue weighted by molar-refractivity contribution is 7.99. The van der Waals surface area contributed by atoms with Crippen LogP contribution in [0.4, 0.5) is 0 Å². The van der Waals surface area contributed by atoms with Gasteiger partial charge in [0.05, 0.1) is 14.2 Å². The first kappa shape index (κ1) is 16.8. The van der Waals surface area contributed by atoms with Crippen LogP contribution in [-0.2, 0) is 6.42 Å². The van der Waals surface area contributed by atoms with E-state index in [0.29, 0.717) is 12.3 Å². The number of hydrogen-bond donors (Lipinski definition) is 0. The minimum absolute atomic E-state index is 0.435. The highest BCUT2D eigenvalue weighted by Gasteiger charge is 2.14. The molecule has 0 aromatic heterocycles. The van der Waals surface area contributed by atoms with Crippen molar-refractivity contribution in [3.05, 3.63) is 60.2 Å². The molecule has 22 heavy (non-hydrogen) atoms. The van der Waals surface area contributed by atoms with Crippen LogP contribution >= 0.6 is 23.4 Å². The first-order chi connectivity index (χ1) is 10.7. The van der Waals surface area contributed by atoms with Crippen molar-refractivity contribution in [3.63, 3.8) is 0 Å². The molecule has 0 aliphatic carbocycles. The van der Waals surface area contributed by atoms with Gasteiger partial charge in [-0.15, -0.1) is 11.6 Å². The third-order valence-electron chi connectivity index (χ3n) is 3.18. The molecule has 0 unspecified atom stereocenters. The molecule has 2 nitrogen and oxygen atoms in total. The van der Waals surface area contributed by atoms with E-state index in [1.54, 1.807) is 26.0 Å². The SMILES string of the molecule is C=C(CCl)Cc1c(OC)cc(OC)cc1Sc1ccccc1. The van der Waals surface area contributed by atoms with Gasteiger partial charge in [0.25, 0.3) is 0 Å². The molecule has 4 heteroatoms. The fourth-order valence-electron chi connectivity index (χ4n) is 2.07. The van der Waals surface area contributed by atoms with Gasteiger partial charge in [-0.3, -0.25) is 0 Å². The van der Waals surface area contributed by atoms with Gasteiger partial charge in [0.2, 0.25) is 0 Å². The molecule has 0 fully saturated rings. The van der Waals surface area contributed by atoms with E-state index in [4.69, 9.17) is 21.1 Å². The molecule has 0 aliphatic heterocycles. The van der Waals surface area contributed by atoms with Crippen molar-refractivity contribution in [2.24, 2.45) is 0 Å². The summed E-state index contributed by atoms with van der Waals surface area (Å²) in [7, 11) is 3.32. The quantitative estimate of drug-likeness (QED) is 0.512. The monoisotopic (exact) mass is 334 g/mol. The molecule has 0 aliphatic rings. The van der Waals surface area contributed by atoms with Crippen LogP contribution in [0.3, 0.4) is 0 Å². The third kappa shape index (κ3) is 4.21. The number of halogens is 1. The smallest absolute Gasteiger partial charge is 0.127 e. The summed E-state index contributed by atoms with van der Waals surface area (Å²) in [6.45, 7) is 4.01. The lowest BCUT2D eigenvalue weighted by Gasteiger charge is -2.16. The van der Waals surface area contributed by atoms with Gasteiger partial charge in [0, 0.05) is 27.3 Å². The molecule has 0 bridgehead atoms. The van der Waals surface area contributed by atoms with Crippen molar-refractivity contribution in [3.8, 4) is 11.5 Å². The normalized spacial score (nSPS) is 10.3. The molecule has 2 aromatic carbocycles. The fraction of sp³-hybridized carbons (Fsp3) is 0.222. The van der Waals surface area contributed by atoms with Crippen molar-refractivity contribution >= 4 is 23.4 Å². The highest BCUT2D eigenvalue weighted by atomic mass is 35.5. The Hall–Kier alpha value is -1.58. The van der Waals surface area contributed by atoms with Gasteiger partial charge in [-0.25, -0.2) is 0 Å². The zero-order valence-corrected chi connectivity index (χ0v) is 14.3. The lowest BCUT2D eigenvalue weighted by atomic mass is 10.1. The molecule has 0 saturated carbocycles. The Balaban J connectivity index is 2.45. The average molecular weight is 335 g/mol. The number of alkyl halides is 1. The summed E-state index contributed by atoms with van der Waals surface area (Å²) in [5.41, 5.74) is 2.04. The van der Waals surface area contributed by atoms with Crippen LogP contribution in [0.5, 0.6) is 11.5 Å². The van der Waals surface area contributed by atoms with E-state index in [1.807, 2.05) is 30.3 Å². The molecule has 0 amide bonds. The summed E-state index contributed by atoms with van der Waals surface area (Å²) in [5, 5.41) is 0. The lowest BCUT2D eigenvalue weighted by molar-refractivity contribution is 0.389. The predicted molar refractivity (Wildman–Crippen MR) is 93.7 cm³/mol. The topological polar surface area (TPSA) is 18.5 Å². The Morgan fingerprint density at radius 1 is 1.14 bits per heavy atom. The second-order valence-corrected chi connectivity index (χ2v) is 6.16. The van der Waals surface area contributed by atoms with Gasteiger partial charge in [-0.2, -0.15) is 0 Å². The van der Waals surface area contributed by atoms with E-state index in [-0.39, 0.29) is 0 Å². The van der Waals surface area contributed by atoms with Crippen LogP contribution in [0.2, 0.25) is 0 Å². The minimum Gasteiger partial charge on any atom is -0.497 e. The summed E-state index contributed by atoms with van der Waals surface area (Å²) in [4.78, 5) is 2.25. The summed E-state index contributed by atoms with van der Waals surface area (Å²) in [6.07, 6.45) is 0.686. The zero-order valence-electron chi connectivity index (χ0n) is 12.8. The molecule has 0 atom stereocenters. The number of hydrogen-bond acceptors (Lipinski definition) is 3. The van der Waals surface area contributed by atoms with Crippen molar-refractivity contribution in [2.75, 3.05) is 20.1 Å². The third-order valence-corrected chi connectivity index (χ3v) is 4.65. The number of methoxy groups -OCH3 is 2. The number of ether oxygens (including phenoxy) is 2. The maximum absolute atomic E-state index is 5.90. The highest BCUT2D eigenvalue weighted by Crippen LogP contribution is 2.39. The van der Waals surface area contributed by atoms with E-state index in [2.05, 4.69) is 18.7 Å². The van der Waals surface area contributed by atoms with Crippen LogP contribution in [-0.4, -0.2) is 20.1 Å². The Labute approximate surface area is 141 Å². The van der Waals surface area contributed by atoms with E-state index in [0.717, 1.165) is 32.4 Å². The Morgan fingerprint density at radius 3 is 2.45 bits per heavy atom. The van der Waals surface area contributed by atoms with Gasteiger partial charge < -0.3 is 9.47 Å². The Morgan fingerprint density at radius 2 is 1.86 bits per heavy atom. The molecule has 0 saturated heterocycles. The summed E-state index contributed by atoms with van der Waals surface area (Å²) < 4.78 is 10.9. The first-order valence-electron chi connectivity index (χ1n) is 6.88. The van der Waals surface area contributed by atoms with Crippen molar-refractivity contribution in [2.45, 2.75) is 16.2 Å². The molecule has 0 N–H and O–H groups in total. The van der Waals surface area contributed by atoms with E-state index in [1.165, 1.54) is 0 Å². The van der Waals surface area contributed by atoms with Gasteiger partial charge in [0.15, 0.2) is 0 Å². The summed E-state index contributed by atoms with van der Waals surface area (Å²) >= 11 is 7.58. The zero-order chi connectivity index (χ0) is 15.9. The van der Waals surface area contributed by atoms with Crippen LogP contribution in [0, 0.1) is 0 Å². The van der Waals surface area contributed by atoms with Gasteiger partial charge >= 0.3 is 0 Å². The van der Waals surface area contributed by atoms with Crippen molar-refractivity contribution in [1.29, 1.82) is 0 Å². The molecule has 2 aromatic rings. The van der Waals surface area contributed by atoms with Crippen molar-refractivity contribution in [1.82, 2.24) is 0 Å². The first-order valence-corrected chi connectivity index (χ1v) is 8.23. The van der Waals surface area contributed by atoms with Crippen LogP contribution in [0.25, 0.3) is 0 Å². The Bertz CT molecular complexity index is 641. The largest absolute Gasteiger partial charge is 0.497 e. The molecule has 0 radical (unpaired) electrons. The van der Waals surface area contributed by atoms with E-state index < -0.39 is 0 Å². The van der Waals surface area contributed by atoms with Gasteiger partial charge in [0.1, 0.15) is 11.5 Å². The average Bonchev–Trinajstić information content (AvgIpc) is 2.56. The number of allylic oxidation sites excluding steroid dienone is 1.